The SMILES string of the molecule is C=CCN1CCC(Cn2cnc(-c3ccccc3)c2-c2cnc(CCC)nc2)C1. The Kier molecular flexibility index (Phi) is 6.15. The molecule has 1 fully saturated rings. The second-order valence-electron chi connectivity index (χ2n) is 7.80. The Bertz CT molecular complexity index is 930. The number of benzene rings is 1. The summed E-state index contributed by atoms with van der Waals surface area (Å²) >= 11 is 0. The van der Waals surface area contributed by atoms with E-state index in [4.69, 9.17) is 4.98 Å². The predicted octanol–water partition coefficient (Wildman–Crippen LogP) is 4.47. The number of aromatic nitrogens is 4. The minimum Gasteiger partial charge on any atom is -0.330 e. The van der Waals surface area contributed by atoms with Gasteiger partial charge in [0.05, 0.1) is 17.7 Å². The molecule has 1 unspecified atom stereocenters. The van der Waals surface area contributed by atoms with Gasteiger partial charge in [-0.2, -0.15) is 0 Å². The van der Waals surface area contributed by atoms with Crippen molar-refractivity contribution in [3.05, 3.63) is 67.5 Å². The van der Waals surface area contributed by atoms with Crippen LogP contribution in [-0.4, -0.2) is 44.1 Å². The van der Waals surface area contributed by atoms with Crippen LogP contribution in [0.15, 0.2) is 61.7 Å². The van der Waals surface area contributed by atoms with Crippen LogP contribution in [0.3, 0.4) is 0 Å². The minimum absolute atomic E-state index is 0.617. The monoisotopic (exact) mass is 387 g/mol. The molecule has 5 nitrogen and oxygen atoms in total. The van der Waals surface area contributed by atoms with Gasteiger partial charge in [0.25, 0.3) is 0 Å². The smallest absolute Gasteiger partial charge is 0.128 e. The van der Waals surface area contributed by atoms with E-state index in [9.17, 15) is 0 Å². The zero-order chi connectivity index (χ0) is 20.1. The van der Waals surface area contributed by atoms with Crippen LogP contribution in [0.25, 0.3) is 22.5 Å². The second-order valence-corrected chi connectivity index (χ2v) is 7.80. The van der Waals surface area contributed by atoms with Gasteiger partial charge in [0.2, 0.25) is 0 Å². The lowest BCUT2D eigenvalue weighted by Crippen LogP contribution is -2.21. The van der Waals surface area contributed by atoms with Gasteiger partial charge in [-0.05, 0) is 25.3 Å². The van der Waals surface area contributed by atoms with Crippen molar-refractivity contribution in [2.24, 2.45) is 5.92 Å². The molecule has 1 aliphatic rings. The van der Waals surface area contributed by atoms with Crippen LogP contribution < -0.4 is 0 Å². The zero-order valence-electron chi connectivity index (χ0n) is 17.2. The number of hydrogen-bond donors (Lipinski definition) is 0. The van der Waals surface area contributed by atoms with Crippen LogP contribution in [0.2, 0.25) is 0 Å². The van der Waals surface area contributed by atoms with E-state index < -0.39 is 0 Å². The molecule has 0 N–H and O–H groups in total. The van der Waals surface area contributed by atoms with E-state index in [1.54, 1.807) is 0 Å². The number of nitrogens with zero attached hydrogens (tertiary/aromatic N) is 5. The van der Waals surface area contributed by atoms with E-state index in [2.05, 4.69) is 57.2 Å². The summed E-state index contributed by atoms with van der Waals surface area (Å²) in [4.78, 5) is 16.5. The molecule has 3 aromatic rings. The highest BCUT2D eigenvalue weighted by Gasteiger charge is 2.24. The summed E-state index contributed by atoms with van der Waals surface area (Å²) in [5.74, 6) is 1.52. The standard InChI is InChI=1S/C24H29N5/c1-3-8-22-25-14-21(15-26-22)24-23(20-9-6-5-7-10-20)27-18-29(24)17-19-11-13-28(16-19)12-4-2/h4-7,9-10,14-15,18-19H,2-3,8,11-13,16-17H2,1H3. The van der Waals surface area contributed by atoms with E-state index >= 15 is 0 Å². The maximum atomic E-state index is 4.80. The van der Waals surface area contributed by atoms with Crippen molar-refractivity contribution >= 4 is 0 Å². The van der Waals surface area contributed by atoms with Crippen molar-refractivity contribution in [1.82, 2.24) is 24.4 Å². The number of likely N-dealkylation sites (tertiary alicyclic amines) is 1. The third-order valence-electron chi connectivity index (χ3n) is 5.55. The fraction of sp³-hybridized carbons (Fsp3) is 0.375. The average Bonchev–Trinajstić information content (AvgIpc) is 3.37. The molecule has 5 heteroatoms. The number of rotatable bonds is 8. The molecule has 2 aromatic heterocycles. The van der Waals surface area contributed by atoms with E-state index in [-0.39, 0.29) is 0 Å². The van der Waals surface area contributed by atoms with Crippen molar-refractivity contribution in [2.45, 2.75) is 32.7 Å². The Morgan fingerprint density at radius 2 is 1.90 bits per heavy atom. The molecular formula is C24H29N5. The lowest BCUT2D eigenvalue weighted by Gasteiger charge is -2.16. The van der Waals surface area contributed by atoms with Gasteiger partial charge < -0.3 is 4.57 Å². The van der Waals surface area contributed by atoms with Crippen molar-refractivity contribution in [1.29, 1.82) is 0 Å². The van der Waals surface area contributed by atoms with Gasteiger partial charge in [-0.15, -0.1) is 6.58 Å². The highest BCUT2D eigenvalue weighted by Crippen LogP contribution is 2.32. The predicted molar refractivity (Wildman–Crippen MR) is 117 cm³/mol. The third-order valence-corrected chi connectivity index (χ3v) is 5.55. The maximum absolute atomic E-state index is 4.80. The van der Waals surface area contributed by atoms with Crippen LogP contribution in [0.1, 0.15) is 25.6 Å². The molecule has 29 heavy (non-hydrogen) atoms. The van der Waals surface area contributed by atoms with Crippen LogP contribution >= 0.6 is 0 Å². The summed E-state index contributed by atoms with van der Waals surface area (Å²) in [7, 11) is 0. The molecule has 1 saturated heterocycles. The molecule has 1 aliphatic heterocycles. The van der Waals surface area contributed by atoms with E-state index in [0.717, 1.165) is 67.4 Å². The lowest BCUT2D eigenvalue weighted by molar-refractivity contribution is 0.348. The van der Waals surface area contributed by atoms with Crippen molar-refractivity contribution in [3.63, 3.8) is 0 Å². The summed E-state index contributed by atoms with van der Waals surface area (Å²) in [6.07, 6.45) is 11.1. The van der Waals surface area contributed by atoms with Gasteiger partial charge in [-0.3, -0.25) is 4.90 Å². The number of hydrogen-bond acceptors (Lipinski definition) is 4. The van der Waals surface area contributed by atoms with Crippen molar-refractivity contribution in [2.75, 3.05) is 19.6 Å². The molecule has 0 saturated carbocycles. The third kappa shape index (κ3) is 4.46. The summed E-state index contributed by atoms with van der Waals surface area (Å²) in [6, 6.07) is 10.4. The highest BCUT2D eigenvalue weighted by molar-refractivity contribution is 5.77. The molecule has 3 heterocycles. The Hall–Kier alpha value is -2.79. The quantitative estimate of drug-likeness (QED) is 0.535. The molecule has 1 aromatic carbocycles. The Morgan fingerprint density at radius 1 is 1.10 bits per heavy atom. The van der Waals surface area contributed by atoms with Gasteiger partial charge in [-0.25, -0.2) is 15.0 Å². The average molecular weight is 388 g/mol. The van der Waals surface area contributed by atoms with E-state index in [0.29, 0.717) is 5.92 Å². The first kappa shape index (κ1) is 19.5. The molecule has 0 amide bonds. The molecule has 0 bridgehead atoms. The number of imidazole rings is 1. The fourth-order valence-corrected chi connectivity index (χ4v) is 4.15. The Balaban J connectivity index is 1.66. The Labute approximate surface area is 173 Å². The molecule has 150 valence electrons. The second kappa shape index (κ2) is 9.14. The van der Waals surface area contributed by atoms with Crippen LogP contribution in [0, 0.1) is 5.92 Å². The zero-order valence-corrected chi connectivity index (χ0v) is 17.2. The lowest BCUT2D eigenvalue weighted by atomic mass is 10.1. The van der Waals surface area contributed by atoms with Gasteiger partial charge in [0.15, 0.2) is 0 Å². The first-order valence-corrected chi connectivity index (χ1v) is 10.5. The minimum atomic E-state index is 0.617. The van der Waals surface area contributed by atoms with Gasteiger partial charge in [-0.1, -0.05) is 43.3 Å². The first-order chi connectivity index (χ1) is 14.3. The maximum Gasteiger partial charge on any atom is 0.128 e. The Morgan fingerprint density at radius 3 is 2.62 bits per heavy atom. The van der Waals surface area contributed by atoms with Gasteiger partial charge in [0.1, 0.15) is 5.82 Å². The first-order valence-electron chi connectivity index (χ1n) is 10.5. The van der Waals surface area contributed by atoms with E-state index in [1.165, 1.54) is 6.42 Å². The van der Waals surface area contributed by atoms with Crippen molar-refractivity contribution < 1.29 is 0 Å². The summed E-state index contributed by atoms with van der Waals surface area (Å²) < 4.78 is 2.29. The van der Waals surface area contributed by atoms with Crippen LogP contribution in [0.4, 0.5) is 0 Å². The summed E-state index contributed by atoms with van der Waals surface area (Å²) in [6.45, 7) is 10.2. The van der Waals surface area contributed by atoms with Crippen LogP contribution in [-0.2, 0) is 13.0 Å². The topological polar surface area (TPSA) is 46.8 Å². The largest absolute Gasteiger partial charge is 0.330 e. The molecule has 0 aliphatic carbocycles. The molecule has 0 radical (unpaired) electrons. The molecule has 1 atom stereocenters. The molecule has 4 rings (SSSR count). The van der Waals surface area contributed by atoms with E-state index in [1.807, 2.05) is 30.9 Å². The molecule has 0 spiro atoms. The van der Waals surface area contributed by atoms with Gasteiger partial charge in [0, 0.05) is 49.6 Å². The van der Waals surface area contributed by atoms with Crippen molar-refractivity contribution in [3.8, 4) is 22.5 Å². The number of aryl methyl sites for hydroxylation is 1. The summed E-state index contributed by atoms with van der Waals surface area (Å²) in [5.41, 5.74) is 4.26. The fourth-order valence-electron chi connectivity index (χ4n) is 4.15. The normalized spacial score (nSPS) is 16.9. The van der Waals surface area contributed by atoms with Crippen LogP contribution in [0.5, 0.6) is 0 Å². The molecular weight excluding hydrogens is 358 g/mol. The summed E-state index contributed by atoms with van der Waals surface area (Å²) in [5, 5.41) is 0. The highest BCUT2D eigenvalue weighted by atomic mass is 15.2. The van der Waals surface area contributed by atoms with Gasteiger partial charge >= 0.3 is 0 Å².